The Morgan fingerprint density at radius 3 is 2.18 bits per heavy atom. The minimum absolute atomic E-state index is 0.161. The highest BCUT2D eigenvalue weighted by Gasteiger charge is 2.40. The summed E-state index contributed by atoms with van der Waals surface area (Å²) >= 11 is 0. The number of benzene rings is 1. The first kappa shape index (κ1) is 16.1. The number of hydrogen-bond acceptors (Lipinski definition) is 4. The maximum absolute atomic E-state index is 6.11. The van der Waals surface area contributed by atoms with Gasteiger partial charge in [0.15, 0.2) is 0 Å². The lowest BCUT2D eigenvalue weighted by atomic mass is 9.66. The third-order valence-electron chi connectivity index (χ3n) is 4.40. The van der Waals surface area contributed by atoms with Crippen molar-refractivity contribution >= 4 is 11.5 Å². The summed E-state index contributed by atoms with van der Waals surface area (Å²) in [5.74, 6) is 6.11. The van der Waals surface area contributed by atoms with Gasteiger partial charge in [-0.1, -0.05) is 55.7 Å². The van der Waals surface area contributed by atoms with Crippen molar-refractivity contribution < 1.29 is 0 Å². The average molecular weight is 299 g/mol. The highest BCUT2D eigenvalue weighted by atomic mass is 15.1. The molecule has 22 heavy (non-hydrogen) atoms. The van der Waals surface area contributed by atoms with E-state index >= 15 is 0 Å². The Hall–Kier alpha value is -2.30. The monoisotopic (exact) mass is 299 g/mol. The second-order valence-corrected chi connectivity index (χ2v) is 5.97. The van der Waals surface area contributed by atoms with Gasteiger partial charge < -0.3 is 17.3 Å². The molecule has 1 saturated carbocycles. The van der Waals surface area contributed by atoms with Crippen molar-refractivity contribution in [2.24, 2.45) is 27.4 Å². The van der Waals surface area contributed by atoms with Crippen LogP contribution < -0.4 is 17.3 Å². The Balaban J connectivity index is 2.53. The van der Waals surface area contributed by atoms with Gasteiger partial charge in [0.05, 0.1) is 0 Å². The predicted octanol–water partition coefficient (Wildman–Crippen LogP) is 2.30. The molecule has 0 heterocycles. The summed E-state index contributed by atoms with van der Waals surface area (Å²) in [6.45, 7) is 5.65. The second kappa shape index (κ2) is 6.64. The van der Waals surface area contributed by atoms with Crippen LogP contribution in [0.15, 0.2) is 46.8 Å². The lowest BCUT2D eigenvalue weighted by Crippen LogP contribution is -2.46. The van der Waals surface area contributed by atoms with Crippen molar-refractivity contribution in [2.75, 3.05) is 0 Å². The van der Waals surface area contributed by atoms with Crippen LogP contribution in [0.1, 0.15) is 43.2 Å². The van der Waals surface area contributed by atoms with Gasteiger partial charge in [-0.05, 0) is 25.3 Å². The van der Waals surface area contributed by atoms with Gasteiger partial charge >= 0.3 is 0 Å². The van der Waals surface area contributed by atoms with Crippen LogP contribution in [-0.4, -0.2) is 11.5 Å². The molecule has 0 amide bonds. The molecular weight excluding hydrogens is 274 g/mol. The second-order valence-electron chi connectivity index (χ2n) is 5.97. The van der Waals surface area contributed by atoms with Gasteiger partial charge in [0.2, 0.25) is 0 Å². The topological polar surface area (TPSA) is 103 Å². The zero-order valence-electron chi connectivity index (χ0n) is 13.2. The highest BCUT2D eigenvalue weighted by molar-refractivity contribution is 6.44. The van der Waals surface area contributed by atoms with Gasteiger partial charge in [0, 0.05) is 5.41 Å². The van der Waals surface area contributed by atoms with Crippen LogP contribution in [0.5, 0.6) is 0 Å². The number of aryl methyl sites for hydroxylation is 1. The van der Waals surface area contributed by atoms with Gasteiger partial charge in [-0.25, -0.2) is 4.99 Å². The van der Waals surface area contributed by atoms with Gasteiger partial charge in [-0.3, -0.25) is 0 Å². The number of aliphatic imine (C=N–C) groups is 1. The summed E-state index contributed by atoms with van der Waals surface area (Å²) in [5, 5.41) is 4.00. The van der Waals surface area contributed by atoms with Crippen LogP contribution in [0.3, 0.4) is 0 Å². The molecule has 5 nitrogen and oxygen atoms in total. The van der Waals surface area contributed by atoms with E-state index in [0.717, 1.165) is 25.7 Å². The van der Waals surface area contributed by atoms with Gasteiger partial charge in [0.25, 0.3) is 0 Å². The van der Waals surface area contributed by atoms with Gasteiger partial charge in [-0.15, -0.1) is 0 Å². The van der Waals surface area contributed by atoms with E-state index in [-0.39, 0.29) is 17.1 Å². The van der Waals surface area contributed by atoms with E-state index in [2.05, 4.69) is 47.9 Å². The average Bonchev–Trinajstić information content (AvgIpc) is 2.48. The molecule has 1 aliphatic carbocycles. The summed E-state index contributed by atoms with van der Waals surface area (Å²) in [7, 11) is 0. The fraction of sp³-hybridized carbons (Fsp3) is 0.412. The Kier molecular flexibility index (Phi) is 4.85. The Morgan fingerprint density at radius 2 is 1.68 bits per heavy atom. The molecule has 0 aromatic heterocycles. The molecule has 1 aromatic rings. The number of nitrogens with zero attached hydrogens (tertiary/aromatic N) is 2. The molecule has 6 N–H and O–H groups in total. The maximum Gasteiger partial charge on any atom is 0.150 e. The summed E-state index contributed by atoms with van der Waals surface area (Å²) in [4.78, 5) is 4.08. The third-order valence-corrected chi connectivity index (χ3v) is 4.40. The molecule has 1 aliphatic rings. The molecule has 0 aliphatic heterocycles. The predicted molar refractivity (Wildman–Crippen MR) is 92.5 cm³/mol. The summed E-state index contributed by atoms with van der Waals surface area (Å²) in [6, 6.07) is 8.48. The van der Waals surface area contributed by atoms with E-state index in [1.54, 1.807) is 0 Å². The third kappa shape index (κ3) is 3.13. The van der Waals surface area contributed by atoms with Crippen LogP contribution in [0.4, 0.5) is 0 Å². The first-order valence-corrected chi connectivity index (χ1v) is 7.64. The number of nitrogens with two attached hydrogens (primary N) is 3. The number of rotatable bonds is 4. The van der Waals surface area contributed by atoms with Crippen LogP contribution >= 0.6 is 0 Å². The molecule has 0 atom stereocenters. The van der Waals surface area contributed by atoms with E-state index in [9.17, 15) is 0 Å². The standard InChI is InChI=1S/C17H25N5/c1-12-6-8-14(9-7-12)17(10-4-3-5-11-17)15(22-20)16(19)21-13(2)18/h6-9H,2-5,10-11,18,20H2,1H3,(H2,19,21)/b22-15+. The molecule has 2 rings (SSSR count). The zero-order chi connectivity index (χ0) is 16.2. The lowest BCUT2D eigenvalue weighted by Gasteiger charge is -2.38. The lowest BCUT2D eigenvalue weighted by molar-refractivity contribution is 0.382. The Bertz CT molecular complexity index is 592. The van der Waals surface area contributed by atoms with Crippen LogP contribution in [0, 0.1) is 6.92 Å². The largest absolute Gasteiger partial charge is 0.384 e. The fourth-order valence-electron chi connectivity index (χ4n) is 3.33. The van der Waals surface area contributed by atoms with Crippen molar-refractivity contribution in [1.82, 2.24) is 0 Å². The van der Waals surface area contributed by atoms with Crippen molar-refractivity contribution in [2.45, 2.75) is 44.4 Å². The molecule has 0 unspecified atom stereocenters. The Morgan fingerprint density at radius 1 is 1.09 bits per heavy atom. The molecule has 0 saturated heterocycles. The SMILES string of the molecule is C=C(N)/N=C(N)\C(=N/N)C1(c2ccc(C)cc2)CCCCC1. The maximum atomic E-state index is 6.11. The van der Waals surface area contributed by atoms with Crippen molar-refractivity contribution in [3.05, 3.63) is 47.8 Å². The molecule has 5 heteroatoms. The summed E-state index contributed by atoms with van der Waals surface area (Å²) < 4.78 is 0. The van der Waals surface area contributed by atoms with Crippen molar-refractivity contribution in [3.8, 4) is 0 Å². The van der Waals surface area contributed by atoms with Gasteiger partial charge in [-0.2, -0.15) is 5.10 Å². The smallest absolute Gasteiger partial charge is 0.150 e. The van der Waals surface area contributed by atoms with E-state index < -0.39 is 0 Å². The number of hydrazone groups is 1. The normalized spacial score (nSPS) is 19.0. The molecule has 1 aromatic carbocycles. The van der Waals surface area contributed by atoms with E-state index in [1.807, 2.05) is 0 Å². The van der Waals surface area contributed by atoms with E-state index in [1.165, 1.54) is 17.5 Å². The van der Waals surface area contributed by atoms with Crippen molar-refractivity contribution in [3.63, 3.8) is 0 Å². The fourth-order valence-corrected chi connectivity index (χ4v) is 3.33. The molecule has 0 spiro atoms. The minimum Gasteiger partial charge on any atom is -0.384 e. The zero-order valence-corrected chi connectivity index (χ0v) is 13.2. The van der Waals surface area contributed by atoms with Gasteiger partial charge in [0.1, 0.15) is 17.4 Å². The summed E-state index contributed by atoms with van der Waals surface area (Å²) in [5.41, 5.74) is 14.4. The quantitative estimate of drug-likeness (QED) is 0.344. The molecular formula is C17H25N5. The minimum atomic E-state index is -0.288. The summed E-state index contributed by atoms with van der Waals surface area (Å²) in [6.07, 6.45) is 5.36. The number of hydrogen-bond donors (Lipinski definition) is 3. The molecule has 0 radical (unpaired) electrons. The Labute approximate surface area is 132 Å². The molecule has 1 fully saturated rings. The molecule has 118 valence electrons. The van der Waals surface area contributed by atoms with E-state index in [4.69, 9.17) is 17.3 Å². The number of amidine groups is 1. The van der Waals surface area contributed by atoms with Crippen LogP contribution in [0.2, 0.25) is 0 Å². The first-order chi connectivity index (χ1) is 10.5. The first-order valence-electron chi connectivity index (χ1n) is 7.64. The van der Waals surface area contributed by atoms with Crippen molar-refractivity contribution in [1.29, 1.82) is 0 Å². The molecule has 0 bridgehead atoms. The van der Waals surface area contributed by atoms with E-state index in [0.29, 0.717) is 5.71 Å². The highest BCUT2D eigenvalue weighted by Crippen LogP contribution is 2.41. The van der Waals surface area contributed by atoms with Crippen LogP contribution in [0.25, 0.3) is 0 Å². The van der Waals surface area contributed by atoms with Crippen LogP contribution in [-0.2, 0) is 5.41 Å².